The summed E-state index contributed by atoms with van der Waals surface area (Å²) in [6.07, 6.45) is -5.70. The summed E-state index contributed by atoms with van der Waals surface area (Å²) in [5, 5.41) is 21.1. The Morgan fingerprint density at radius 2 is 1.90 bits per heavy atom. The maximum atomic E-state index is 12.5. The second-order valence-corrected chi connectivity index (χ2v) is 3.93. The molecule has 2 N–H and O–H groups in total. The van der Waals surface area contributed by atoms with Crippen molar-refractivity contribution in [1.29, 1.82) is 0 Å². The Hall–Kier alpha value is -2.65. The Kier molecular flexibility index (Phi) is 4.84. The van der Waals surface area contributed by atoms with Gasteiger partial charge in [-0.2, -0.15) is 13.2 Å². The van der Waals surface area contributed by atoms with Crippen LogP contribution < -0.4 is 5.32 Å². The van der Waals surface area contributed by atoms with Crippen molar-refractivity contribution in [2.45, 2.75) is 19.0 Å². The summed E-state index contributed by atoms with van der Waals surface area (Å²) in [7, 11) is 0. The van der Waals surface area contributed by atoms with Crippen molar-refractivity contribution in [2.24, 2.45) is 0 Å². The van der Waals surface area contributed by atoms with Crippen molar-refractivity contribution >= 4 is 23.3 Å². The molecule has 1 aromatic rings. The lowest BCUT2D eigenvalue weighted by Gasteiger charge is -2.09. The van der Waals surface area contributed by atoms with E-state index in [2.05, 4.69) is 0 Å². The number of hydrogen-bond donors (Lipinski definition) is 2. The van der Waals surface area contributed by atoms with Crippen LogP contribution in [-0.4, -0.2) is 21.9 Å². The van der Waals surface area contributed by atoms with E-state index < -0.39 is 52.8 Å². The smallest absolute Gasteiger partial charge is 0.416 e. The minimum Gasteiger partial charge on any atom is -0.481 e. The number of hydrogen-bond acceptors (Lipinski definition) is 4. The first-order valence-corrected chi connectivity index (χ1v) is 5.48. The van der Waals surface area contributed by atoms with Crippen molar-refractivity contribution in [3.05, 3.63) is 33.9 Å². The predicted octanol–water partition coefficient (Wildman–Crippen LogP) is 2.42. The Morgan fingerprint density at radius 1 is 1.29 bits per heavy atom. The summed E-state index contributed by atoms with van der Waals surface area (Å²) in [4.78, 5) is 31.3. The van der Waals surface area contributed by atoms with Crippen molar-refractivity contribution in [2.75, 3.05) is 5.32 Å². The van der Waals surface area contributed by atoms with Gasteiger partial charge in [0.25, 0.3) is 5.69 Å². The molecule has 0 heterocycles. The van der Waals surface area contributed by atoms with Gasteiger partial charge in [0.05, 0.1) is 16.9 Å². The van der Waals surface area contributed by atoms with Gasteiger partial charge in [0, 0.05) is 12.5 Å². The molecule has 10 heteroatoms. The Morgan fingerprint density at radius 3 is 2.38 bits per heavy atom. The zero-order chi connectivity index (χ0) is 16.2. The number of anilines is 1. The van der Waals surface area contributed by atoms with Gasteiger partial charge in [-0.25, -0.2) is 0 Å². The fraction of sp³-hybridized carbons (Fsp3) is 0.273. The van der Waals surface area contributed by atoms with E-state index in [1.807, 2.05) is 5.32 Å². The zero-order valence-electron chi connectivity index (χ0n) is 10.3. The number of halogens is 3. The summed E-state index contributed by atoms with van der Waals surface area (Å²) in [6, 6.07) is 1.63. The van der Waals surface area contributed by atoms with E-state index in [0.29, 0.717) is 12.1 Å². The SMILES string of the molecule is O=C(O)CCC(=O)Nc1ccc(C(F)(F)F)cc1[N+](=O)[O-]. The van der Waals surface area contributed by atoms with E-state index in [4.69, 9.17) is 5.11 Å². The van der Waals surface area contributed by atoms with Gasteiger partial charge in [-0.15, -0.1) is 0 Å². The van der Waals surface area contributed by atoms with E-state index in [1.165, 1.54) is 0 Å². The third kappa shape index (κ3) is 4.75. The number of amides is 1. The second-order valence-electron chi connectivity index (χ2n) is 3.93. The molecule has 0 aliphatic rings. The van der Waals surface area contributed by atoms with Crippen LogP contribution in [0.2, 0.25) is 0 Å². The minimum atomic E-state index is -4.75. The molecule has 0 spiro atoms. The molecule has 0 radical (unpaired) electrons. The summed E-state index contributed by atoms with van der Waals surface area (Å²) in [6.45, 7) is 0. The van der Waals surface area contributed by atoms with E-state index in [-0.39, 0.29) is 0 Å². The first kappa shape index (κ1) is 16.4. The Balaban J connectivity index is 3.00. The maximum Gasteiger partial charge on any atom is 0.416 e. The molecule has 0 bridgehead atoms. The average Bonchev–Trinajstić information content (AvgIpc) is 2.35. The molecular weight excluding hydrogens is 297 g/mol. The largest absolute Gasteiger partial charge is 0.481 e. The monoisotopic (exact) mass is 306 g/mol. The molecule has 0 saturated carbocycles. The fourth-order valence-electron chi connectivity index (χ4n) is 1.40. The van der Waals surface area contributed by atoms with Crippen LogP contribution in [0.1, 0.15) is 18.4 Å². The molecule has 0 aliphatic heterocycles. The molecule has 0 unspecified atom stereocenters. The first-order chi connectivity index (χ1) is 9.61. The highest BCUT2D eigenvalue weighted by Gasteiger charge is 2.33. The fourth-order valence-corrected chi connectivity index (χ4v) is 1.40. The van der Waals surface area contributed by atoms with E-state index in [1.54, 1.807) is 0 Å². The molecule has 0 saturated heterocycles. The van der Waals surface area contributed by atoms with Gasteiger partial charge >= 0.3 is 12.1 Å². The molecule has 114 valence electrons. The quantitative estimate of drug-likeness (QED) is 0.641. The van der Waals surface area contributed by atoms with Crippen molar-refractivity contribution in [3.8, 4) is 0 Å². The second kappa shape index (κ2) is 6.20. The van der Waals surface area contributed by atoms with Crippen molar-refractivity contribution in [3.63, 3.8) is 0 Å². The van der Waals surface area contributed by atoms with Gasteiger partial charge in [-0.3, -0.25) is 19.7 Å². The molecule has 0 aromatic heterocycles. The third-order valence-electron chi connectivity index (χ3n) is 2.36. The summed E-state index contributed by atoms with van der Waals surface area (Å²) in [5.41, 5.74) is -2.57. The van der Waals surface area contributed by atoms with Crippen LogP contribution >= 0.6 is 0 Å². The number of aliphatic carboxylic acids is 1. The van der Waals surface area contributed by atoms with Gasteiger partial charge in [0.15, 0.2) is 0 Å². The Bertz CT molecular complexity index is 586. The number of rotatable bonds is 5. The van der Waals surface area contributed by atoms with Crippen molar-refractivity contribution < 1.29 is 32.8 Å². The van der Waals surface area contributed by atoms with Crippen molar-refractivity contribution in [1.82, 2.24) is 0 Å². The molecule has 0 fully saturated rings. The number of carboxylic acids is 1. The topological polar surface area (TPSA) is 110 Å². The predicted molar refractivity (Wildman–Crippen MR) is 63.6 cm³/mol. The summed E-state index contributed by atoms with van der Waals surface area (Å²) in [5.74, 6) is -2.09. The van der Waals surface area contributed by atoms with Crippen LogP contribution in [0.5, 0.6) is 0 Å². The number of nitrogens with one attached hydrogen (secondary N) is 1. The molecule has 7 nitrogen and oxygen atoms in total. The number of nitro groups is 1. The van der Waals surface area contributed by atoms with Crippen LogP contribution in [0.15, 0.2) is 18.2 Å². The standard InChI is InChI=1S/C11H9F3N2O5/c12-11(13,14)6-1-2-7(8(5-6)16(20)21)15-9(17)3-4-10(18)19/h1-2,5H,3-4H2,(H,15,17)(H,18,19). The lowest BCUT2D eigenvalue weighted by atomic mass is 10.1. The van der Waals surface area contributed by atoms with Gasteiger partial charge in [0.2, 0.25) is 5.91 Å². The highest BCUT2D eigenvalue weighted by atomic mass is 19.4. The van der Waals surface area contributed by atoms with Gasteiger partial charge in [-0.05, 0) is 12.1 Å². The molecule has 0 aliphatic carbocycles. The molecule has 21 heavy (non-hydrogen) atoms. The molecule has 0 atom stereocenters. The number of benzene rings is 1. The number of carbonyl (C=O) groups is 2. The van der Waals surface area contributed by atoms with Crippen LogP contribution in [0.4, 0.5) is 24.5 Å². The van der Waals surface area contributed by atoms with E-state index in [0.717, 1.165) is 6.07 Å². The Labute approximate surface area is 115 Å². The third-order valence-corrected chi connectivity index (χ3v) is 2.36. The molecule has 1 aromatic carbocycles. The number of alkyl halides is 3. The zero-order valence-corrected chi connectivity index (χ0v) is 10.3. The van der Waals surface area contributed by atoms with Crippen LogP contribution in [0.3, 0.4) is 0 Å². The normalized spacial score (nSPS) is 11.0. The van der Waals surface area contributed by atoms with Gasteiger partial charge < -0.3 is 10.4 Å². The summed E-state index contributed by atoms with van der Waals surface area (Å²) < 4.78 is 37.4. The first-order valence-electron chi connectivity index (χ1n) is 5.48. The van der Waals surface area contributed by atoms with E-state index >= 15 is 0 Å². The highest BCUT2D eigenvalue weighted by Crippen LogP contribution is 2.34. The number of nitro benzene ring substituents is 1. The van der Waals surface area contributed by atoms with Gasteiger partial charge in [0.1, 0.15) is 5.69 Å². The average molecular weight is 306 g/mol. The van der Waals surface area contributed by atoms with Crippen LogP contribution in [0, 0.1) is 10.1 Å². The molecule has 1 rings (SSSR count). The molecular formula is C11H9F3N2O5. The van der Waals surface area contributed by atoms with Crippen LogP contribution in [0.25, 0.3) is 0 Å². The van der Waals surface area contributed by atoms with E-state index in [9.17, 15) is 32.9 Å². The molecule has 1 amide bonds. The number of carbonyl (C=O) groups excluding carboxylic acids is 1. The lowest BCUT2D eigenvalue weighted by Crippen LogP contribution is -2.15. The number of nitrogens with zero attached hydrogens (tertiary/aromatic N) is 1. The van der Waals surface area contributed by atoms with Gasteiger partial charge in [-0.1, -0.05) is 0 Å². The number of carboxylic acid groups (broad SMARTS) is 1. The summed E-state index contributed by atoms with van der Waals surface area (Å²) >= 11 is 0. The van der Waals surface area contributed by atoms with Crippen LogP contribution in [-0.2, 0) is 15.8 Å². The maximum absolute atomic E-state index is 12.5. The highest BCUT2D eigenvalue weighted by molar-refractivity contribution is 5.94. The minimum absolute atomic E-state index is 0.298. The lowest BCUT2D eigenvalue weighted by molar-refractivity contribution is -0.384.